The number of hydrogen-bond donors (Lipinski definition) is 1. The van der Waals surface area contributed by atoms with Crippen LogP contribution in [-0.4, -0.2) is 30.6 Å². The predicted octanol–water partition coefficient (Wildman–Crippen LogP) is 3.30. The van der Waals surface area contributed by atoms with E-state index in [9.17, 15) is 9.59 Å². The number of nitrogens with zero attached hydrogens (tertiary/aromatic N) is 1. The summed E-state index contributed by atoms with van der Waals surface area (Å²) in [6.45, 7) is 3.17. The monoisotopic (exact) mass is 338 g/mol. The van der Waals surface area contributed by atoms with E-state index in [0.717, 1.165) is 28.8 Å². The number of nitrogens with one attached hydrogen (secondary N) is 1. The van der Waals surface area contributed by atoms with Crippen LogP contribution in [0.2, 0.25) is 0 Å². The quantitative estimate of drug-likeness (QED) is 0.934. The van der Waals surface area contributed by atoms with Crippen LogP contribution in [0, 0.1) is 6.92 Å². The number of ether oxygens (including phenoxy) is 1. The second kappa shape index (κ2) is 7.38. The average molecular weight is 338 g/mol. The van der Waals surface area contributed by atoms with E-state index in [-0.39, 0.29) is 12.0 Å². The smallest absolute Gasteiger partial charge is 0.409 e. The number of hydrogen-bond acceptors (Lipinski definition) is 3. The molecule has 1 heterocycles. The SMILES string of the molecule is COC(=O)N1CCc2ccc(NC(=O)Cc3cccc(C)c3)cc2C1. The Hall–Kier alpha value is -2.82. The van der Waals surface area contributed by atoms with Gasteiger partial charge in [0, 0.05) is 18.8 Å². The molecule has 5 nitrogen and oxygen atoms in total. The Morgan fingerprint density at radius 3 is 2.76 bits per heavy atom. The number of fused-ring (bicyclic) bond motifs is 1. The molecule has 0 atom stereocenters. The number of methoxy groups -OCH3 is 1. The molecule has 0 bridgehead atoms. The van der Waals surface area contributed by atoms with Crippen LogP contribution in [0.3, 0.4) is 0 Å². The van der Waals surface area contributed by atoms with Gasteiger partial charge >= 0.3 is 6.09 Å². The number of rotatable bonds is 3. The van der Waals surface area contributed by atoms with Crippen LogP contribution < -0.4 is 5.32 Å². The molecule has 0 aromatic heterocycles. The van der Waals surface area contributed by atoms with E-state index >= 15 is 0 Å². The third-order valence-corrected chi connectivity index (χ3v) is 4.38. The summed E-state index contributed by atoms with van der Waals surface area (Å²) in [5.74, 6) is -0.0498. The number of amides is 2. The number of benzene rings is 2. The molecule has 0 unspecified atom stereocenters. The highest BCUT2D eigenvalue weighted by Gasteiger charge is 2.21. The van der Waals surface area contributed by atoms with Gasteiger partial charge in [0.1, 0.15) is 0 Å². The molecule has 0 aliphatic carbocycles. The lowest BCUT2D eigenvalue weighted by Gasteiger charge is -2.28. The van der Waals surface area contributed by atoms with E-state index in [1.54, 1.807) is 4.90 Å². The van der Waals surface area contributed by atoms with E-state index in [2.05, 4.69) is 5.32 Å². The number of anilines is 1. The van der Waals surface area contributed by atoms with Gasteiger partial charge in [0.15, 0.2) is 0 Å². The Kier molecular flexibility index (Phi) is 5.03. The Balaban J connectivity index is 1.68. The fourth-order valence-electron chi connectivity index (χ4n) is 3.13. The maximum atomic E-state index is 12.3. The second-order valence-corrected chi connectivity index (χ2v) is 6.34. The van der Waals surface area contributed by atoms with Crippen molar-refractivity contribution in [3.63, 3.8) is 0 Å². The zero-order valence-electron chi connectivity index (χ0n) is 14.5. The van der Waals surface area contributed by atoms with Crippen molar-refractivity contribution in [2.75, 3.05) is 19.0 Å². The first kappa shape index (κ1) is 17.0. The molecular formula is C20H22N2O3. The predicted molar refractivity (Wildman–Crippen MR) is 96.5 cm³/mol. The minimum absolute atomic E-state index is 0.0498. The van der Waals surface area contributed by atoms with Crippen LogP contribution >= 0.6 is 0 Å². The number of carbonyl (C=O) groups excluding carboxylic acids is 2. The zero-order chi connectivity index (χ0) is 17.8. The van der Waals surface area contributed by atoms with E-state index in [1.807, 2.05) is 49.4 Å². The molecule has 2 aromatic rings. The van der Waals surface area contributed by atoms with Crippen LogP contribution in [0.15, 0.2) is 42.5 Å². The summed E-state index contributed by atoms with van der Waals surface area (Å²) in [5, 5.41) is 2.94. The lowest BCUT2D eigenvalue weighted by atomic mass is 9.99. The molecule has 2 amide bonds. The fraction of sp³-hybridized carbons (Fsp3) is 0.300. The van der Waals surface area contributed by atoms with E-state index in [0.29, 0.717) is 19.5 Å². The highest BCUT2D eigenvalue weighted by atomic mass is 16.5. The summed E-state index contributed by atoms with van der Waals surface area (Å²) in [7, 11) is 1.39. The highest BCUT2D eigenvalue weighted by molar-refractivity contribution is 5.92. The van der Waals surface area contributed by atoms with Crippen LogP contribution in [0.1, 0.15) is 22.3 Å². The molecule has 1 aliphatic heterocycles. The number of carbonyl (C=O) groups is 2. The molecule has 0 saturated heterocycles. The normalized spacial score (nSPS) is 13.1. The maximum absolute atomic E-state index is 12.3. The molecular weight excluding hydrogens is 316 g/mol. The molecule has 0 spiro atoms. The lowest BCUT2D eigenvalue weighted by Crippen LogP contribution is -2.35. The van der Waals surface area contributed by atoms with E-state index in [4.69, 9.17) is 4.74 Å². The van der Waals surface area contributed by atoms with Crippen molar-refractivity contribution in [1.29, 1.82) is 0 Å². The minimum atomic E-state index is -0.320. The first-order valence-electron chi connectivity index (χ1n) is 8.35. The topological polar surface area (TPSA) is 58.6 Å². The molecule has 130 valence electrons. The molecule has 2 aromatic carbocycles. The summed E-state index contributed by atoms with van der Waals surface area (Å²) in [6, 6.07) is 13.8. The molecule has 1 N–H and O–H groups in total. The first-order chi connectivity index (χ1) is 12.0. The molecule has 0 fully saturated rings. The maximum Gasteiger partial charge on any atom is 0.409 e. The molecule has 3 rings (SSSR count). The van der Waals surface area contributed by atoms with Gasteiger partial charge in [0.2, 0.25) is 5.91 Å². The summed E-state index contributed by atoms with van der Waals surface area (Å²) < 4.78 is 4.79. The van der Waals surface area contributed by atoms with Crippen LogP contribution in [-0.2, 0) is 28.9 Å². The van der Waals surface area contributed by atoms with Gasteiger partial charge in [0.05, 0.1) is 13.5 Å². The van der Waals surface area contributed by atoms with E-state index < -0.39 is 0 Å². The van der Waals surface area contributed by atoms with Gasteiger partial charge < -0.3 is 15.0 Å². The molecule has 0 saturated carbocycles. The Labute approximate surface area is 147 Å². The summed E-state index contributed by atoms with van der Waals surface area (Å²) in [5.41, 5.74) is 5.14. The largest absolute Gasteiger partial charge is 0.453 e. The van der Waals surface area contributed by atoms with Gasteiger partial charge in [-0.25, -0.2) is 4.79 Å². The summed E-state index contributed by atoms with van der Waals surface area (Å²) in [4.78, 5) is 25.7. The standard InChI is InChI=1S/C20H22N2O3/c1-14-4-3-5-15(10-14)11-19(23)21-18-7-6-16-8-9-22(20(24)25-2)13-17(16)12-18/h3-7,10,12H,8-9,11,13H2,1-2H3,(H,21,23). The third kappa shape index (κ3) is 4.18. The van der Waals surface area contributed by atoms with Gasteiger partial charge in [-0.05, 0) is 42.2 Å². The Bertz CT molecular complexity index is 801. The lowest BCUT2D eigenvalue weighted by molar-refractivity contribution is -0.115. The van der Waals surface area contributed by atoms with Gasteiger partial charge in [-0.2, -0.15) is 0 Å². The summed E-state index contributed by atoms with van der Waals surface area (Å²) >= 11 is 0. The van der Waals surface area contributed by atoms with Crippen molar-refractivity contribution < 1.29 is 14.3 Å². The zero-order valence-corrected chi connectivity index (χ0v) is 14.5. The second-order valence-electron chi connectivity index (χ2n) is 6.34. The van der Waals surface area contributed by atoms with Gasteiger partial charge in [-0.3, -0.25) is 4.79 Å². The first-order valence-corrected chi connectivity index (χ1v) is 8.35. The fourth-order valence-corrected chi connectivity index (χ4v) is 3.13. The van der Waals surface area contributed by atoms with Crippen molar-refractivity contribution in [1.82, 2.24) is 4.90 Å². The molecule has 25 heavy (non-hydrogen) atoms. The van der Waals surface area contributed by atoms with Crippen LogP contribution in [0.4, 0.5) is 10.5 Å². The van der Waals surface area contributed by atoms with Crippen molar-refractivity contribution in [2.24, 2.45) is 0 Å². The van der Waals surface area contributed by atoms with Crippen molar-refractivity contribution >= 4 is 17.7 Å². The van der Waals surface area contributed by atoms with E-state index in [1.165, 1.54) is 12.7 Å². The Morgan fingerprint density at radius 1 is 1.16 bits per heavy atom. The van der Waals surface area contributed by atoms with Crippen molar-refractivity contribution in [3.05, 3.63) is 64.7 Å². The Morgan fingerprint density at radius 2 is 2.00 bits per heavy atom. The number of aryl methyl sites for hydroxylation is 1. The van der Waals surface area contributed by atoms with Crippen molar-refractivity contribution in [2.45, 2.75) is 26.3 Å². The molecule has 1 aliphatic rings. The summed E-state index contributed by atoms with van der Waals surface area (Å²) in [6.07, 6.45) is 0.814. The molecule has 0 radical (unpaired) electrons. The highest BCUT2D eigenvalue weighted by Crippen LogP contribution is 2.23. The van der Waals surface area contributed by atoms with Crippen LogP contribution in [0.5, 0.6) is 0 Å². The third-order valence-electron chi connectivity index (χ3n) is 4.38. The average Bonchev–Trinajstić information content (AvgIpc) is 2.60. The van der Waals surface area contributed by atoms with Gasteiger partial charge in [0.25, 0.3) is 0 Å². The van der Waals surface area contributed by atoms with Crippen molar-refractivity contribution in [3.8, 4) is 0 Å². The van der Waals surface area contributed by atoms with Crippen LogP contribution in [0.25, 0.3) is 0 Å². The minimum Gasteiger partial charge on any atom is -0.453 e. The van der Waals surface area contributed by atoms with Gasteiger partial charge in [-0.15, -0.1) is 0 Å². The molecule has 5 heteroatoms. The van der Waals surface area contributed by atoms with Gasteiger partial charge in [-0.1, -0.05) is 35.9 Å².